The minimum atomic E-state index is -0.760. The van der Waals surface area contributed by atoms with Crippen molar-refractivity contribution in [1.82, 2.24) is 29.8 Å². The van der Waals surface area contributed by atoms with E-state index in [1.807, 2.05) is 37.9 Å². The number of hydrogen-bond donors (Lipinski definition) is 2. The van der Waals surface area contributed by atoms with Crippen LogP contribution in [0.3, 0.4) is 0 Å². The molecule has 2 aliphatic heterocycles. The van der Waals surface area contributed by atoms with Gasteiger partial charge in [-0.15, -0.1) is 0 Å². The van der Waals surface area contributed by atoms with Gasteiger partial charge in [-0.1, -0.05) is 25.1 Å². The minimum absolute atomic E-state index is 0.0152. The molecule has 9 nitrogen and oxygen atoms in total. The van der Waals surface area contributed by atoms with Gasteiger partial charge < -0.3 is 14.9 Å². The zero-order valence-electron chi connectivity index (χ0n) is 25.3. The molecule has 4 heterocycles. The van der Waals surface area contributed by atoms with Crippen molar-refractivity contribution >= 4 is 34.2 Å². The van der Waals surface area contributed by atoms with E-state index in [4.69, 9.17) is 16.7 Å². The molecule has 0 aliphatic carbocycles. The zero-order chi connectivity index (χ0) is 29.7. The molecule has 0 radical (unpaired) electrons. The first-order valence-electron chi connectivity index (χ1n) is 14.7. The zero-order valence-corrected chi connectivity index (χ0v) is 26.1. The van der Waals surface area contributed by atoms with Gasteiger partial charge >= 0.3 is 0 Å². The molecule has 0 bridgehead atoms. The number of benzene rings is 1. The number of aromatic amines is 1. The number of aliphatic hydroxyl groups is 1. The summed E-state index contributed by atoms with van der Waals surface area (Å²) in [5.74, 6) is 0.924. The number of fused-ring (bicyclic) bond motifs is 1. The number of likely N-dealkylation sites (tertiary alicyclic amines) is 1. The highest BCUT2D eigenvalue weighted by Crippen LogP contribution is 2.46. The third-order valence-electron chi connectivity index (χ3n) is 9.03. The molecule has 1 aromatic carbocycles. The van der Waals surface area contributed by atoms with Gasteiger partial charge in [0.2, 0.25) is 5.91 Å². The summed E-state index contributed by atoms with van der Waals surface area (Å²) in [6.45, 7) is 20.5. The molecule has 2 saturated heterocycles. The summed E-state index contributed by atoms with van der Waals surface area (Å²) in [6.07, 6.45) is 5.83. The Morgan fingerprint density at radius 1 is 1.24 bits per heavy atom. The second kappa shape index (κ2) is 11.1. The van der Waals surface area contributed by atoms with Crippen LogP contribution in [0.1, 0.15) is 64.3 Å². The highest BCUT2D eigenvalue weighted by molar-refractivity contribution is 6.36. The van der Waals surface area contributed by atoms with Crippen molar-refractivity contribution in [2.24, 2.45) is 0 Å². The number of H-pyrrole nitrogens is 1. The highest BCUT2D eigenvalue weighted by atomic mass is 35.5. The lowest BCUT2D eigenvalue weighted by atomic mass is 9.90. The van der Waals surface area contributed by atoms with Gasteiger partial charge in [0.1, 0.15) is 0 Å². The topological polar surface area (TPSA) is 93.5 Å². The number of halogens is 1. The molecule has 2 aliphatic rings. The van der Waals surface area contributed by atoms with Crippen molar-refractivity contribution < 1.29 is 9.90 Å². The number of hydrogen-bond acceptors (Lipinski definition) is 6. The van der Waals surface area contributed by atoms with Crippen molar-refractivity contribution in [2.75, 3.05) is 44.2 Å². The monoisotopic (exact) mass is 581 g/mol. The maximum Gasteiger partial charge on any atom is 0.245 e. The Bertz CT molecular complexity index is 1450. The van der Waals surface area contributed by atoms with E-state index in [1.54, 1.807) is 0 Å². The largest absolute Gasteiger partial charge is 0.389 e. The Morgan fingerprint density at radius 3 is 2.59 bits per heavy atom. The van der Waals surface area contributed by atoms with E-state index in [9.17, 15) is 9.90 Å². The van der Waals surface area contributed by atoms with Crippen molar-refractivity contribution in [1.29, 1.82) is 0 Å². The highest BCUT2D eigenvalue weighted by Gasteiger charge is 2.41. The number of carbonyl (C=O) groups excluding carboxylic acids is 1. The van der Waals surface area contributed by atoms with Crippen LogP contribution >= 0.6 is 11.6 Å². The number of aromatic nitrogens is 4. The molecule has 5 rings (SSSR count). The summed E-state index contributed by atoms with van der Waals surface area (Å²) in [7, 11) is 0. The first kappa shape index (κ1) is 29.6. The van der Waals surface area contributed by atoms with E-state index in [0.717, 1.165) is 78.0 Å². The van der Waals surface area contributed by atoms with Gasteiger partial charge in [-0.3, -0.25) is 19.5 Å². The predicted octanol–water partition coefficient (Wildman–Crippen LogP) is 5.11. The molecule has 0 saturated carbocycles. The predicted molar refractivity (Wildman–Crippen MR) is 166 cm³/mol. The second-order valence-electron chi connectivity index (χ2n) is 12.7. The maximum atomic E-state index is 12.2. The van der Waals surface area contributed by atoms with Gasteiger partial charge in [-0.25, -0.2) is 0 Å². The molecule has 2 fully saturated rings. The number of amides is 1. The number of carbonyl (C=O) groups is 1. The molecule has 1 atom stereocenters. The molecular formula is C31H44ClN7O2. The van der Waals surface area contributed by atoms with Gasteiger partial charge in [-0.05, 0) is 71.6 Å². The molecule has 2 aromatic heterocycles. The molecular weight excluding hydrogens is 538 g/mol. The number of piperazine rings is 1. The number of β-amino-alcohol motifs (C(OH)–C–C–N with tert-alkyl or cyclic N) is 1. The first-order valence-corrected chi connectivity index (χ1v) is 15.1. The van der Waals surface area contributed by atoms with Crippen LogP contribution in [-0.2, 0) is 4.79 Å². The van der Waals surface area contributed by atoms with Gasteiger partial charge in [0, 0.05) is 61.5 Å². The van der Waals surface area contributed by atoms with Crippen LogP contribution in [-0.4, -0.2) is 91.2 Å². The summed E-state index contributed by atoms with van der Waals surface area (Å²) < 4.78 is 2.18. The van der Waals surface area contributed by atoms with Gasteiger partial charge in [0.25, 0.3) is 0 Å². The third kappa shape index (κ3) is 5.51. The minimum Gasteiger partial charge on any atom is -0.389 e. The van der Waals surface area contributed by atoms with Crippen LogP contribution in [0.15, 0.2) is 24.9 Å². The van der Waals surface area contributed by atoms with E-state index < -0.39 is 5.60 Å². The number of aryl methyl sites for hydroxylation is 1. The smallest absolute Gasteiger partial charge is 0.245 e. The Kier molecular flexibility index (Phi) is 8.00. The molecule has 2 N–H and O–H groups in total. The quantitative estimate of drug-likeness (QED) is 0.377. The van der Waals surface area contributed by atoms with E-state index in [-0.39, 0.29) is 17.5 Å². The summed E-state index contributed by atoms with van der Waals surface area (Å²) in [4.78, 5) is 18.9. The lowest BCUT2D eigenvalue weighted by Gasteiger charge is -2.50. The SMILES string of the molecule is C=CC(=O)N1CCC(n2nc(N3CCN(CC(C)(C)O)C[C@@]3(C)CC)c(-c3c(Cl)c(C)cc4[nH]ncc34)c2C)CC1. The first-order chi connectivity index (χ1) is 19.4. The average Bonchev–Trinajstić information content (AvgIpc) is 3.52. The number of nitrogens with one attached hydrogen (secondary N) is 1. The van der Waals surface area contributed by atoms with Crippen LogP contribution in [0.5, 0.6) is 0 Å². The van der Waals surface area contributed by atoms with Crippen LogP contribution < -0.4 is 4.90 Å². The maximum absolute atomic E-state index is 12.2. The Labute approximate surface area is 248 Å². The third-order valence-corrected chi connectivity index (χ3v) is 9.51. The molecule has 41 heavy (non-hydrogen) atoms. The molecule has 10 heteroatoms. The fraction of sp³-hybridized carbons (Fsp3) is 0.581. The standard InChI is InChI=1S/C31H44ClN7O2/c1-8-25(40)37-12-10-22(11-13-37)39-21(4)26(27-23-17-33-34-24(23)16-20(3)28(27)32)29(35-39)38-15-14-36(18-30(5,6)41)19-31(38,7)9-2/h8,16-17,22,41H,1,9-15,18-19H2,2-7H3,(H,33,34)/t31-/m1/s1. The van der Waals surface area contributed by atoms with E-state index in [0.29, 0.717) is 24.7 Å². The normalized spacial score (nSPS) is 21.2. The number of rotatable bonds is 7. The Hall–Kier alpha value is -2.88. The Morgan fingerprint density at radius 2 is 1.95 bits per heavy atom. The van der Waals surface area contributed by atoms with E-state index >= 15 is 0 Å². The summed E-state index contributed by atoms with van der Waals surface area (Å²) in [5.41, 5.74) is 4.06. The van der Waals surface area contributed by atoms with Crippen molar-refractivity contribution in [2.45, 2.75) is 78.0 Å². The number of anilines is 1. The van der Waals surface area contributed by atoms with Gasteiger partial charge in [0.05, 0.1) is 33.9 Å². The van der Waals surface area contributed by atoms with Crippen molar-refractivity contribution in [3.05, 3.63) is 41.2 Å². The Balaban J connectivity index is 1.63. The van der Waals surface area contributed by atoms with Crippen LogP contribution in [0.4, 0.5) is 5.82 Å². The number of nitrogens with zero attached hydrogens (tertiary/aromatic N) is 6. The molecule has 0 spiro atoms. The summed E-state index contributed by atoms with van der Waals surface area (Å²) >= 11 is 7.13. The van der Waals surface area contributed by atoms with Crippen LogP contribution in [0, 0.1) is 13.8 Å². The number of piperidine rings is 1. The average molecular weight is 582 g/mol. The second-order valence-corrected chi connectivity index (χ2v) is 13.1. The molecule has 1 amide bonds. The molecule has 0 unspecified atom stereocenters. The molecule has 3 aromatic rings. The van der Waals surface area contributed by atoms with Crippen LogP contribution in [0.2, 0.25) is 5.02 Å². The van der Waals surface area contributed by atoms with Crippen LogP contribution in [0.25, 0.3) is 22.0 Å². The van der Waals surface area contributed by atoms with Gasteiger partial charge in [-0.2, -0.15) is 10.2 Å². The summed E-state index contributed by atoms with van der Waals surface area (Å²) in [5, 5.41) is 25.1. The van der Waals surface area contributed by atoms with Crippen molar-refractivity contribution in [3.63, 3.8) is 0 Å². The van der Waals surface area contributed by atoms with Crippen molar-refractivity contribution in [3.8, 4) is 11.1 Å². The molecule has 222 valence electrons. The lowest BCUT2D eigenvalue weighted by Crippen LogP contribution is -2.62. The summed E-state index contributed by atoms with van der Waals surface area (Å²) in [6, 6.07) is 2.22. The lowest BCUT2D eigenvalue weighted by molar-refractivity contribution is -0.127. The van der Waals surface area contributed by atoms with E-state index in [1.165, 1.54) is 6.08 Å². The fourth-order valence-corrected chi connectivity index (χ4v) is 7.00. The van der Waals surface area contributed by atoms with Gasteiger partial charge in [0.15, 0.2) is 5.82 Å². The van der Waals surface area contributed by atoms with E-state index in [2.05, 4.69) is 52.0 Å². The fourth-order valence-electron chi connectivity index (χ4n) is 6.75.